The molecular formula is C19H22O2. The maximum Gasteiger partial charge on any atom is 0.176 e. The van der Waals surface area contributed by atoms with Crippen LogP contribution in [0.5, 0.6) is 0 Å². The number of carbonyl (C=O) groups is 1. The average molecular weight is 282 g/mol. The molecule has 0 aliphatic rings. The third kappa shape index (κ3) is 3.22. The van der Waals surface area contributed by atoms with E-state index in [-0.39, 0.29) is 5.78 Å². The molecule has 0 spiro atoms. The van der Waals surface area contributed by atoms with Gasteiger partial charge in [-0.25, -0.2) is 0 Å². The van der Waals surface area contributed by atoms with Gasteiger partial charge >= 0.3 is 0 Å². The van der Waals surface area contributed by atoms with E-state index in [0.29, 0.717) is 12.5 Å². The van der Waals surface area contributed by atoms with Crippen LogP contribution in [0.25, 0.3) is 0 Å². The van der Waals surface area contributed by atoms with E-state index in [2.05, 4.69) is 13.8 Å². The van der Waals surface area contributed by atoms with Crippen molar-refractivity contribution >= 4 is 5.78 Å². The summed E-state index contributed by atoms with van der Waals surface area (Å²) in [6, 6.07) is 19.5. The van der Waals surface area contributed by atoms with Gasteiger partial charge in [-0.2, -0.15) is 0 Å². The Balaban J connectivity index is 2.58. The van der Waals surface area contributed by atoms with Crippen LogP contribution in [-0.4, -0.2) is 12.4 Å². The fourth-order valence-electron chi connectivity index (χ4n) is 2.48. The van der Waals surface area contributed by atoms with Crippen molar-refractivity contribution in [2.75, 3.05) is 6.61 Å². The third-order valence-corrected chi connectivity index (χ3v) is 3.49. The van der Waals surface area contributed by atoms with Gasteiger partial charge in [-0.1, -0.05) is 74.5 Å². The Hall–Kier alpha value is -1.93. The largest absolute Gasteiger partial charge is 0.357 e. The molecule has 0 aromatic heterocycles. The monoisotopic (exact) mass is 282 g/mol. The van der Waals surface area contributed by atoms with E-state index in [1.54, 1.807) is 6.92 Å². The lowest BCUT2D eigenvalue weighted by atomic mass is 9.83. The minimum Gasteiger partial charge on any atom is -0.357 e. The lowest BCUT2D eigenvalue weighted by Gasteiger charge is -2.33. The van der Waals surface area contributed by atoms with Crippen LogP contribution in [0.15, 0.2) is 60.7 Å². The van der Waals surface area contributed by atoms with Crippen LogP contribution in [0.4, 0.5) is 0 Å². The van der Waals surface area contributed by atoms with Gasteiger partial charge in [0.25, 0.3) is 0 Å². The average Bonchev–Trinajstić information content (AvgIpc) is 2.49. The molecular weight excluding hydrogens is 260 g/mol. The van der Waals surface area contributed by atoms with Gasteiger partial charge in [0.1, 0.15) is 0 Å². The highest BCUT2D eigenvalue weighted by Gasteiger charge is 2.40. The summed E-state index contributed by atoms with van der Waals surface area (Å²) in [7, 11) is 0. The summed E-state index contributed by atoms with van der Waals surface area (Å²) in [6.45, 7) is 6.30. The van der Waals surface area contributed by atoms with Crippen LogP contribution in [0.3, 0.4) is 0 Å². The number of ketones is 1. The highest BCUT2D eigenvalue weighted by Crippen LogP contribution is 2.35. The third-order valence-electron chi connectivity index (χ3n) is 3.49. The van der Waals surface area contributed by atoms with E-state index in [1.807, 2.05) is 60.7 Å². The first kappa shape index (κ1) is 15.5. The lowest BCUT2D eigenvalue weighted by Crippen LogP contribution is -2.39. The summed E-state index contributed by atoms with van der Waals surface area (Å²) in [6.07, 6.45) is 0. The first-order chi connectivity index (χ1) is 10.1. The minimum absolute atomic E-state index is 0.000509. The molecule has 0 atom stereocenters. The fourth-order valence-corrected chi connectivity index (χ4v) is 2.48. The molecule has 2 nitrogen and oxygen atoms in total. The van der Waals surface area contributed by atoms with E-state index in [1.165, 1.54) is 0 Å². The van der Waals surface area contributed by atoms with Crippen molar-refractivity contribution in [3.8, 4) is 0 Å². The van der Waals surface area contributed by atoms with E-state index in [0.717, 1.165) is 11.1 Å². The quantitative estimate of drug-likeness (QED) is 0.794. The van der Waals surface area contributed by atoms with Crippen molar-refractivity contribution in [3.05, 3.63) is 71.8 Å². The molecule has 0 N–H and O–H groups in total. The summed E-state index contributed by atoms with van der Waals surface area (Å²) in [5.41, 5.74) is 0.737. The normalized spacial score (nSPS) is 11.6. The first-order valence-electron chi connectivity index (χ1n) is 7.33. The first-order valence-corrected chi connectivity index (χ1v) is 7.33. The van der Waals surface area contributed by atoms with Gasteiger partial charge in [0, 0.05) is 0 Å². The standard InChI is InChI=1S/C19H22O2/c1-15(2)14-21-19(16(3)20,17-10-6-4-7-11-17)18-12-8-5-9-13-18/h4-13,15H,14H2,1-3H3. The van der Waals surface area contributed by atoms with E-state index in [4.69, 9.17) is 4.74 Å². The molecule has 110 valence electrons. The van der Waals surface area contributed by atoms with E-state index < -0.39 is 5.60 Å². The van der Waals surface area contributed by atoms with Crippen LogP contribution < -0.4 is 0 Å². The Bertz CT molecular complexity index is 534. The Morgan fingerprint density at radius 2 is 1.38 bits per heavy atom. The Morgan fingerprint density at radius 3 is 1.71 bits per heavy atom. The fraction of sp³-hybridized carbons (Fsp3) is 0.316. The molecule has 0 aliphatic carbocycles. The molecule has 0 radical (unpaired) electrons. The zero-order valence-electron chi connectivity index (χ0n) is 12.9. The van der Waals surface area contributed by atoms with Crippen molar-refractivity contribution < 1.29 is 9.53 Å². The predicted octanol–water partition coefficient (Wildman–Crippen LogP) is 4.19. The second-order valence-electron chi connectivity index (χ2n) is 5.67. The summed E-state index contributed by atoms with van der Waals surface area (Å²) in [5, 5.41) is 0. The Kier molecular flexibility index (Phi) is 4.92. The van der Waals surface area contributed by atoms with Crippen molar-refractivity contribution in [2.24, 2.45) is 5.92 Å². The van der Waals surface area contributed by atoms with Gasteiger partial charge in [0.05, 0.1) is 6.61 Å². The number of rotatable bonds is 6. The molecule has 2 rings (SSSR count). The lowest BCUT2D eigenvalue weighted by molar-refractivity contribution is -0.139. The molecule has 0 heterocycles. The number of benzene rings is 2. The van der Waals surface area contributed by atoms with Crippen LogP contribution in [0.2, 0.25) is 0 Å². The van der Waals surface area contributed by atoms with Gasteiger partial charge in [0.15, 0.2) is 11.4 Å². The molecule has 2 heteroatoms. The SMILES string of the molecule is CC(=O)C(OCC(C)C)(c1ccccc1)c1ccccc1. The molecule has 0 bridgehead atoms. The maximum atomic E-state index is 12.6. The van der Waals surface area contributed by atoms with Crippen LogP contribution in [-0.2, 0) is 15.1 Å². The highest BCUT2D eigenvalue weighted by molar-refractivity contribution is 5.90. The zero-order valence-corrected chi connectivity index (χ0v) is 12.9. The maximum absolute atomic E-state index is 12.6. The minimum atomic E-state index is -1.02. The molecule has 2 aromatic carbocycles. The van der Waals surface area contributed by atoms with Crippen LogP contribution in [0, 0.1) is 5.92 Å². The summed E-state index contributed by atoms with van der Waals surface area (Å²) in [4.78, 5) is 12.6. The summed E-state index contributed by atoms with van der Waals surface area (Å²) < 4.78 is 6.18. The molecule has 21 heavy (non-hydrogen) atoms. The van der Waals surface area contributed by atoms with Gasteiger partial charge in [0.2, 0.25) is 0 Å². The second-order valence-corrected chi connectivity index (χ2v) is 5.67. The number of hydrogen-bond acceptors (Lipinski definition) is 2. The van der Waals surface area contributed by atoms with Crippen LogP contribution >= 0.6 is 0 Å². The smallest absolute Gasteiger partial charge is 0.176 e. The Morgan fingerprint density at radius 1 is 0.952 bits per heavy atom. The Labute approximate surface area is 126 Å². The molecule has 0 saturated heterocycles. The van der Waals surface area contributed by atoms with Gasteiger partial charge in [-0.3, -0.25) is 4.79 Å². The molecule has 0 unspecified atom stereocenters. The van der Waals surface area contributed by atoms with Crippen molar-refractivity contribution in [1.82, 2.24) is 0 Å². The summed E-state index contributed by atoms with van der Waals surface area (Å²) >= 11 is 0. The topological polar surface area (TPSA) is 26.3 Å². The van der Waals surface area contributed by atoms with E-state index in [9.17, 15) is 4.79 Å². The summed E-state index contributed by atoms with van der Waals surface area (Å²) in [5.74, 6) is 0.358. The van der Waals surface area contributed by atoms with Crippen molar-refractivity contribution in [1.29, 1.82) is 0 Å². The molecule has 0 aliphatic heterocycles. The second kappa shape index (κ2) is 6.68. The predicted molar refractivity (Wildman–Crippen MR) is 85.1 cm³/mol. The molecule has 0 amide bonds. The number of hydrogen-bond donors (Lipinski definition) is 0. The van der Waals surface area contributed by atoms with Gasteiger partial charge in [-0.15, -0.1) is 0 Å². The zero-order chi connectivity index (χ0) is 15.3. The van der Waals surface area contributed by atoms with Crippen molar-refractivity contribution in [3.63, 3.8) is 0 Å². The highest BCUT2D eigenvalue weighted by atomic mass is 16.5. The van der Waals surface area contributed by atoms with Crippen LogP contribution in [0.1, 0.15) is 31.9 Å². The number of Topliss-reactive ketones (excluding diaryl/α,β-unsaturated/α-hetero) is 1. The van der Waals surface area contributed by atoms with E-state index >= 15 is 0 Å². The van der Waals surface area contributed by atoms with Gasteiger partial charge in [-0.05, 0) is 24.0 Å². The molecule has 2 aromatic rings. The van der Waals surface area contributed by atoms with Gasteiger partial charge < -0.3 is 4.74 Å². The van der Waals surface area contributed by atoms with Crippen molar-refractivity contribution in [2.45, 2.75) is 26.4 Å². The molecule has 0 saturated carbocycles. The number of carbonyl (C=O) groups excluding carboxylic acids is 1. The molecule has 0 fully saturated rings. The number of ether oxygens (including phenoxy) is 1.